The lowest BCUT2D eigenvalue weighted by molar-refractivity contribution is 0.100. The van der Waals surface area contributed by atoms with E-state index in [-0.39, 0.29) is 23.7 Å². The Labute approximate surface area is 121 Å². The van der Waals surface area contributed by atoms with Gasteiger partial charge in [-0.1, -0.05) is 18.2 Å². The van der Waals surface area contributed by atoms with E-state index in [9.17, 15) is 14.0 Å². The Kier molecular flexibility index (Phi) is 3.39. The zero-order chi connectivity index (χ0) is 14.8. The Morgan fingerprint density at radius 3 is 2.24 bits per heavy atom. The minimum atomic E-state index is -0.433. The van der Waals surface area contributed by atoms with Crippen LogP contribution in [-0.4, -0.2) is 24.7 Å². The number of nitrogens with one attached hydrogen (secondary N) is 2. The lowest BCUT2D eigenvalue weighted by Crippen LogP contribution is -2.01. The lowest BCUT2D eigenvalue weighted by Gasteiger charge is -1.96. The molecule has 0 radical (unpaired) electrons. The van der Waals surface area contributed by atoms with Crippen molar-refractivity contribution in [1.82, 2.24) is 0 Å². The minimum Gasteiger partial charge on any atom is -0.377 e. The highest BCUT2D eigenvalue weighted by molar-refractivity contribution is 6.08. The second-order valence-corrected chi connectivity index (χ2v) is 4.76. The molecule has 5 heteroatoms. The predicted molar refractivity (Wildman–Crippen MR) is 78.5 cm³/mol. The number of ketones is 2. The Hall–Kier alpha value is -2.69. The number of anilines is 2. The molecule has 21 heavy (non-hydrogen) atoms. The first kappa shape index (κ1) is 13.3. The third-order valence-corrected chi connectivity index (χ3v) is 3.40. The van der Waals surface area contributed by atoms with Gasteiger partial charge < -0.3 is 10.6 Å². The van der Waals surface area contributed by atoms with Crippen LogP contribution in [0.15, 0.2) is 42.5 Å². The average Bonchev–Trinajstić information content (AvgIpc) is 3.06. The molecule has 0 spiro atoms. The van der Waals surface area contributed by atoms with Crippen LogP contribution in [0.3, 0.4) is 0 Å². The molecule has 2 aliphatic rings. The van der Waals surface area contributed by atoms with Crippen LogP contribution in [0.4, 0.5) is 15.8 Å². The summed E-state index contributed by atoms with van der Waals surface area (Å²) >= 11 is 0. The molecule has 2 aromatic carbocycles. The first-order valence-corrected chi connectivity index (χ1v) is 6.58. The van der Waals surface area contributed by atoms with Gasteiger partial charge in [0, 0.05) is 16.9 Å². The topological polar surface area (TPSA) is 58.2 Å². The Morgan fingerprint density at radius 1 is 0.810 bits per heavy atom. The van der Waals surface area contributed by atoms with Crippen molar-refractivity contribution in [2.24, 2.45) is 0 Å². The smallest absolute Gasteiger partial charge is 0.186 e. The van der Waals surface area contributed by atoms with Crippen molar-refractivity contribution in [2.45, 2.75) is 0 Å². The molecule has 0 bridgehead atoms. The number of benzene rings is 2. The van der Waals surface area contributed by atoms with Crippen molar-refractivity contribution >= 4 is 22.9 Å². The van der Waals surface area contributed by atoms with E-state index in [1.807, 2.05) is 24.3 Å². The SMILES string of the molecule is O=C1CNc2cccc(F)c21.O=C1CNc2ccccc21. The first-order chi connectivity index (χ1) is 10.2. The molecule has 0 amide bonds. The zero-order valence-corrected chi connectivity index (χ0v) is 11.2. The van der Waals surface area contributed by atoms with Crippen molar-refractivity contribution in [3.63, 3.8) is 0 Å². The lowest BCUT2D eigenvalue weighted by atomic mass is 10.1. The number of hydrogen-bond donors (Lipinski definition) is 2. The summed E-state index contributed by atoms with van der Waals surface area (Å²) in [4.78, 5) is 22.0. The van der Waals surface area contributed by atoms with E-state index in [4.69, 9.17) is 0 Å². The fraction of sp³-hybridized carbons (Fsp3) is 0.125. The van der Waals surface area contributed by atoms with E-state index in [0.717, 1.165) is 11.3 Å². The number of Topliss-reactive ketones (excluding diaryl/α,β-unsaturated/α-hetero) is 2. The molecular weight excluding hydrogens is 271 g/mol. The number of para-hydroxylation sites is 1. The molecule has 0 aromatic heterocycles. The molecule has 4 nitrogen and oxygen atoms in total. The summed E-state index contributed by atoms with van der Waals surface area (Å²) in [6, 6.07) is 12.1. The average molecular weight is 284 g/mol. The van der Waals surface area contributed by atoms with Crippen LogP contribution in [0.5, 0.6) is 0 Å². The molecule has 106 valence electrons. The van der Waals surface area contributed by atoms with E-state index >= 15 is 0 Å². The molecule has 2 N–H and O–H groups in total. The van der Waals surface area contributed by atoms with Crippen LogP contribution in [-0.2, 0) is 0 Å². The molecule has 0 atom stereocenters. The maximum atomic E-state index is 12.9. The highest BCUT2D eigenvalue weighted by atomic mass is 19.1. The van der Waals surface area contributed by atoms with Gasteiger partial charge in [0.05, 0.1) is 18.7 Å². The van der Waals surface area contributed by atoms with E-state index in [1.54, 1.807) is 12.1 Å². The van der Waals surface area contributed by atoms with Gasteiger partial charge in [0.2, 0.25) is 0 Å². The van der Waals surface area contributed by atoms with Gasteiger partial charge in [0.1, 0.15) is 5.82 Å². The fourth-order valence-corrected chi connectivity index (χ4v) is 2.37. The molecule has 0 saturated carbocycles. The second-order valence-electron chi connectivity index (χ2n) is 4.76. The number of fused-ring (bicyclic) bond motifs is 2. The van der Waals surface area contributed by atoms with Gasteiger partial charge in [0.15, 0.2) is 11.6 Å². The summed E-state index contributed by atoms with van der Waals surface area (Å²) < 4.78 is 12.9. The maximum absolute atomic E-state index is 12.9. The van der Waals surface area contributed by atoms with Crippen LogP contribution < -0.4 is 10.6 Å². The van der Waals surface area contributed by atoms with Crippen LogP contribution in [0.25, 0.3) is 0 Å². The largest absolute Gasteiger partial charge is 0.377 e. The molecule has 2 aromatic rings. The van der Waals surface area contributed by atoms with Crippen LogP contribution in [0.2, 0.25) is 0 Å². The van der Waals surface area contributed by atoms with E-state index in [1.165, 1.54) is 6.07 Å². The number of carbonyl (C=O) groups excluding carboxylic acids is 2. The Morgan fingerprint density at radius 2 is 1.48 bits per heavy atom. The van der Waals surface area contributed by atoms with Gasteiger partial charge in [-0.2, -0.15) is 0 Å². The van der Waals surface area contributed by atoms with Gasteiger partial charge in [-0.25, -0.2) is 4.39 Å². The number of hydrogen-bond acceptors (Lipinski definition) is 4. The van der Waals surface area contributed by atoms with Crippen LogP contribution in [0, 0.1) is 5.82 Å². The monoisotopic (exact) mass is 284 g/mol. The highest BCUT2D eigenvalue weighted by Crippen LogP contribution is 2.23. The van der Waals surface area contributed by atoms with Crippen LogP contribution >= 0.6 is 0 Å². The number of halogens is 1. The Balaban J connectivity index is 0.000000126. The van der Waals surface area contributed by atoms with Gasteiger partial charge >= 0.3 is 0 Å². The molecule has 0 unspecified atom stereocenters. The summed E-state index contributed by atoms with van der Waals surface area (Å²) in [6.07, 6.45) is 0. The van der Waals surface area contributed by atoms with Crippen molar-refractivity contribution < 1.29 is 14.0 Å². The summed E-state index contributed by atoms with van der Waals surface area (Å²) in [5.41, 5.74) is 2.59. The normalized spacial score (nSPS) is 14.5. The first-order valence-electron chi connectivity index (χ1n) is 6.58. The van der Waals surface area contributed by atoms with Gasteiger partial charge in [-0.3, -0.25) is 9.59 Å². The summed E-state index contributed by atoms with van der Waals surface area (Å²) in [6.45, 7) is 0.676. The Bertz CT molecular complexity index is 728. The van der Waals surface area contributed by atoms with Crippen LogP contribution in [0.1, 0.15) is 20.7 Å². The third-order valence-electron chi connectivity index (χ3n) is 3.40. The summed E-state index contributed by atoms with van der Waals surface area (Å²) in [5, 5.41) is 5.80. The molecule has 2 heterocycles. The molecule has 4 rings (SSSR count). The molecule has 2 aliphatic heterocycles. The number of carbonyl (C=O) groups is 2. The van der Waals surface area contributed by atoms with Gasteiger partial charge in [-0.05, 0) is 24.3 Å². The quantitative estimate of drug-likeness (QED) is 0.781. The standard InChI is InChI=1S/C8H6FNO.C8H7NO/c9-5-2-1-3-6-8(5)7(11)4-10-6;10-8-5-9-7-4-2-1-3-6(7)8/h1-3,10H,4H2;1-4,9H,5H2. The predicted octanol–water partition coefficient (Wildman–Crippen LogP) is 2.73. The van der Waals surface area contributed by atoms with E-state index < -0.39 is 5.82 Å². The number of rotatable bonds is 0. The molecule has 0 aliphatic carbocycles. The van der Waals surface area contributed by atoms with Crippen molar-refractivity contribution in [2.75, 3.05) is 23.7 Å². The highest BCUT2D eigenvalue weighted by Gasteiger charge is 2.21. The fourth-order valence-electron chi connectivity index (χ4n) is 2.37. The molecule has 0 fully saturated rings. The zero-order valence-electron chi connectivity index (χ0n) is 11.2. The van der Waals surface area contributed by atoms with Crippen molar-refractivity contribution in [1.29, 1.82) is 0 Å². The van der Waals surface area contributed by atoms with E-state index in [2.05, 4.69) is 10.6 Å². The molecular formula is C16H13FN2O2. The maximum Gasteiger partial charge on any atom is 0.186 e. The van der Waals surface area contributed by atoms with Crippen molar-refractivity contribution in [3.05, 3.63) is 59.4 Å². The van der Waals surface area contributed by atoms with Gasteiger partial charge in [0.25, 0.3) is 0 Å². The molecule has 0 saturated heterocycles. The van der Waals surface area contributed by atoms with Crippen molar-refractivity contribution in [3.8, 4) is 0 Å². The van der Waals surface area contributed by atoms with Gasteiger partial charge in [-0.15, -0.1) is 0 Å². The van der Waals surface area contributed by atoms with E-state index in [0.29, 0.717) is 12.2 Å². The summed E-state index contributed by atoms with van der Waals surface area (Å²) in [5.74, 6) is -0.411. The third kappa shape index (κ3) is 2.50. The summed E-state index contributed by atoms with van der Waals surface area (Å²) in [7, 11) is 0. The second kappa shape index (κ2) is 5.36. The minimum absolute atomic E-state index is 0.168.